The summed E-state index contributed by atoms with van der Waals surface area (Å²) >= 11 is 5.33. The molecule has 0 amide bonds. The van der Waals surface area contributed by atoms with Crippen LogP contribution in [0.5, 0.6) is 0 Å². The molecule has 0 aliphatic carbocycles. The summed E-state index contributed by atoms with van der Waals surface area (Å²) in [6.07, 6.45) is 2.00. The van der Waals surface area contributed by atoms with E-state index in [0.29, 0.717) is 10.8 Å². The molecular formula is C13H15N3O2S. The maximum atomic E-state index is 11.1. The van der Waals surface area contributed by atoms with Gasteiger partial charge in [0, 0.05) is 11.8 Å². The number of anilines is 1. The van der Waals surface area contributed by atoms with Gasteiger partial charge in [0.25, 0.3) is 5.69 Å². The minimum atomic E-state index is -0.398. The van der Waals surface area contributed by atoms with Gasteiger partial charge in [0.05, 0.1) is 10.5 Å². The summed E-state index contributed by atoms with van der Waals surface area (Å²) < 4.78 is 0. The first-order valence-electron chi connectivity index (χ1n) is 5.87. The lowest BCUT2D eigenvalue weighted by molar-refractivity contribution is -0.384. The Labute approximate surface area is 117 Å². The Morgan fingerprint density at radius 1 is 1.37 bits per heavy atom. The molecule has 6 heteroatoms. The third-order valence-electron chi connectivity index (χ3n) is 2.87. The maximum Gasteiger partial charge on any atom is 0.293 e. The number of hydrogen-bond donors (Lipinski definition) is 1. The zero-order valence-electron chi connectivity index (χ0n) is 11.0. The Bertz CT molecular complexity index is 581. The lowest BCUT2D eigenvalue weighted by Crippen LogP contribution is -2.53. The van der Waals surface area contributed by atoms with Crippen LogP contribution in [0.1, 0.15) is 20.8 Å². The summed E-state index contributed by atoms with van der Waals surface area (Å²) in [6, 6.07) is 6.58. The predicted molar refractivity (Wildman–Crippen MR) is 79.1 cm³/mol. The van der Waals surface area contributed by atoms with Gasteiger partial charge in [-0.1, -0.05) is 12.1 Å². The van der Waals surface area contributed by atoms with Crippen molar-refractivity contribution in [3.8, 4) is 0 Å². The normalized spacial score (nSPS) is 17.7. The number of benzene rings is 1. The lowest BCUT2D eigenvalue weighted by atomic mass is 10.0. The van der Waals surface area contributed by atoms with Crippen LogP contribution in [0.2, 0.25) is 0 Å². The molecule has 1 N–H and O–H groups in total. The Morgan fingerprint density at radius 3 is 2.58 bits per heavy atom. The summed E-state index contributed by atoms with van der Waals surface area (Å²) in [5, 5.41) is 14.7. The molecule has 0 atom stereocenters. The topological polar surface area (TPSA) is 58.4 Å². The second kappa shape index (κ2) is 4.62. The van der Waals surface area contributed by atoms with Gasteiger partial charge >= 0.3 is 0 Å². The molecule has 1 aromatic carbocycles. The standard InChI is InChI=1S/C13H15N3O2S/c1-9-8-13(2,3)14-12(19)15(9)10-6-4-5-7-11(10)16(17)18/h4-8H,1-3H3,(H,14,19). The molecule has 0 unspecified atom stereocenters. The minimum Gasteiger partial charge on any atom is -0.354 e. The zero-order chi connectivity index (χ0) is 14.2. The molecule has 0 spiro atoms. The fraction of sp³-hybridized carbons (Fsp3) is 0.308. The minimum absolute atomic E-state index is 0.0408. The van der Waals surface area contributed by atoms with Crippen molar-refractivity contribution in [1.29, 1.82) is 0 Å². The molecule has 1 aromatic rings. The SMILES string of the molecule is CC1=CC(C)(C)NC(=S)N1c1ccccc1[N+](=O)[O-]. The third-order valence-corrected chi connectivity index (χ3v) is 3.16. The number of thiocarbonyl (C=S) groups is 1. The van der Waals surface area contributed by atoms with Crippen LogP contribution in [0.4, 0.5) is 11.4 Å². The summed E-state index contributed by atoms with van der Waals surface area (Å²) in [6.45, 7) is 5.89. The molecule has 19 heavy (non-hydrogen) atoms. The number of nitrogens with zero attached hydrogens (tertiary/aromatic N) is 2. The molecule has 100 valence electrons. The lowest BCUT2D eigenvalue weighted by Gasteiger charge is -2.37. The zero-order valence-corrected chi connectivity index (χ0v) is 11.8. The van der Waals surface area contributed by atoms with E-state index in [-0.39, 0.29) is 11.2 Å². The van der Waals surface area contributed by atoms with E-state index in [1.165, 1.54) is 6.07 Å². The number of allylic oxidation sites excluding steroid dienone is 1. The summed E-state index contributed by atoms with van der Waals surface area (Å²) in [5.41, 5.74) is 1.15. The Hall–Kier alpha value is -1.95. The first-order chi connectivity index (χ1) is 8.82. The van der Waals surface area contributed by atoms with Crippen molar-refractivity contribution in [3.05, 3.63) is 46.2 Å². The highest BCUT2D eigenvalue weighted by Crippen LogP contribution is 2.32. The molecule has 1 heterocycles. The highest BCUT2D eigenvalue weighted by atomic mass is 32.1. The number of nitrogens with one attached hydrogen (secondary N) is 1. The van der Waals surface area contributed by atoms with Crippen LogP contribution in [0.15, 0.2) is 36.0 Å². The number of rotatable bonds is 2. The van der Waals surface area contributed by atoms with Crippen LogP contribution in [0.25, 0.3) is 0 Å². The van der Waals surface area contributed by atoms with Gasteiger partial charge in [0.1, 0.15) is 5.69 Å². The van der Waals surface area contributed by atoms with Gasteiger partial charge < -0.3 is 5.32 Å². The van der Waals surface area contributed by atoms with Crippen molar-refractivity contribution in [1.82, 2.24) is 5.32 Å². The quantitative estimate of drug-likeness (QED) is 0.511. The molecule has 0 fully saturated rings. The second-order valence-electron chi connectivity index (χ2n) is 5.02. The molecular weight excluding hydrogens is 262 g/mol. The van der Waals surface area contributed by atoms with Gasteiger partial charge in [-0.2, -0.15) is 0 Å². The molecule has 0 saturated heterocycles. The Morgan fingerprint density at radius 2 is 2.00 bits per heavy atom. The van der Waals surface area contributed by atoms with E-state index in [2.05, 4.69) is 5.32 Å². The van der Waals surface area contributed by atoms with Gasteiger partial charge in [0.15, 0.2) is 5.11 Å². The van der Waals surface area contributed by atoms with Crippen molar-refractivity contribution in [2.75, 3.05) is 4.90 Å². The van der Waals surface area contributed by atoms with Crippen LogP contribution < -0.4 is 10.2 Å². The summed E-state index contributed by atoms with van der Waals surface area (Å²) in [7, 11) is 0. The van der Waals surface area contributed by atoms with Gasteiger partial charge in [-0.05, 0) is 45.1 Å². The van der Waals surface area contributed by atoms with E-state index >= 15 is 0 Å². The van der Waals surface area contributed by atoms with Crippen LogP contribution in [0, 0.1) is 10.1 Å². The van der Waals surface area contributed by atoms with Crippen molar-refractivity contribution >= 4 is 28.7 Å². The second-order valence-corrected chi connectivity index (χ2v) is 5.41. The van der Waals surface area contributed by atoms with Crippen molar-refractivity contribution in [3.63, 3.8) is 0 Å². The molecule has 5 nitrogen and oxygen atoms in total. The molecule has 0 aromatic heterocycles. The van der Waals surface area contributed by atoms with Gasteiger partial charge in [-0.3, -0.25) is 15.0 Å². The van der Waals surface area contributed by atoms with Crippen LogP contribution in [-0.2, 0) is 0 Å². The van der Waals surface area contributed by atoms with E-state index < -0.39 is 4.92 Å². The van der Waals surface area contributed by atoms with Gasteiger partial charge in [-0.25, -0.2) is 0 Å². The molecule has 0 bridgehead atoms. The Kier molecular flexibility index (Phi) is 3.28. The van der Waals surface area contributed by atoms with E-state index in [1.54, 1.807) is 23.1 Å². The number of nitro groups is 1. The van der Waals surface area contributed by atoms with Gasteiger partial charge in [-0.15, -0.1) is 0 Å². The van der Waals surface area contributed by atoms with Crippen molar-refractivity contribution in [2.45, 2.75) is 26.3 Å². The fourth-order valence-corrected chi connectivity index (χ4v) is 2.73. The first kappa shape index (κ1) is 13.5. The van der Waals surface area contributed by atoms with E-state index in [4.69, 9.17) is 12.2 Å². The fourth-order valence-electron chi connectivity index (χ4n) is 2.22. The average Bonchev–Trinajstić information content (AvgIpc) is 2.26. The number of nitro benzene ring substituents is 1. The molecule has 1 aliphatic rings. The molecule has 2 rings (SSSR count). The van der Waals surface area contributed by atoms with Crippen LogP contribution >= 0.6 is 12.2 Å². The van der Waals surface area contributed by atoms with E-state index in [1.807, 2.05) is 26.8 Å². The highest BCUT2D eigenvalue weighted by molar-refractivity contribution is 7.80. The maximum absolute atomic E-state index is 11.1. The van der Waals surface area contributed by atoms with Crippen molar-refractivity contribution in [2.24, 2.45) is 0 Å². The van der Waals surface area contributed by atoms with Gasteiger partial charge in [0.2, 0.25) is 0 Å². The van der Waals surface area contributed by atoms with Crippen molar-refractivity contribution < 1.29 is 4.92 Å². The average molecular weight is 277 g/mol. The predicted octanol–water partition coefficient (Wildman–Crippen LogP) is 2.97. The summed E-state index contributed by atoms with van der Waals surface area (Å²) in [4.78, 5) is 12.4. The third kappa shape index (κ3) is 2.58. The van der Waals surface area contributed by atoms with Crippen LogP contribution in [-0.4, -0.2) is 15.6 Å². The molecule has 0 saturated carbocycles. The van der Waals surface area contributed by atoms with Crippen LogP contribution in [0.3, 0.4) is 0 Å². The monoisotopic (exact) mass is 277 g/mol. The largest absolute Gasteiger partial charge is 0.354 e. The highest BCUT2D eigenvalue weighted by Gasteiger charge is 2.30. The smallest absolute Gasteiger partial charge is 0.293 e. The molecule has 1 aliphatic heterocycles. The summed E-state index contributed by atoms with van der Waals surface area (Å²) in [5.74, 6) is 0. The Balaban J connectivity index is 2.54. The number of hydrogen-bond acceptors (Lipinski definition) is 3. The first-order valence-corrected chi connectivity index (χ1v) is 6.28. The van der Waals surface area contributed by atoms with E-state index in [0.717, 1.165) is 5.70 Å². The number of para-hydroxylation sites is 2. The molecule has 0 radical (unpaired) electrons. The van der Waals surface area contributed by atoms with E-state index in [9.17, 15) is 10.1 Å².